The lowest BCUT2D eigenvalue weighted by Gasteiger charge is -2.02. The monoisotopic (exact) mass is 191 g/mol. The predicted molar refractivity (Wildman–Crippen MR) is 56.0 cm³/mol. The van der Waals surface area contributed by atoms with Gasteiger partial charge >= 0.3 is 0 Å². The smallest absolute Gasteiger partial charge is 0.0228 e. The molecule has 2 aliphatic carbocycles. The van der Waals surface area contributed by atoms with Crippen molar-refractivity contribution < 1.29 is 0 Å². The van der Waals surface area contributed by atoms with E-state index in [4.69, 9.17) is 5.73 Å². The Morgan fingerprint density at radius 3 is 2.23 bits per heavy atom. The Hall–Kier alpha value is -0.470. The molecule has 0 aromatic heterocycles. The third kappa shape index (κ3) is 1.05. The van der Waals surface area contributed by atoms with E-state index in [0.29, 0.717) is 5.41 Å². The van der Waals surface area contributed by atoms with Gasteiger partial charge in [0, 0.05) is 10.4 Å². The van der Waals surface area contributed by atoms with Crippen LogP contribution in [-0.2, 0) is 6.42 Å². The van der Waals surface area contributed by atoms with Crippen LogP contribution in [0, 0.1) is 5.41 Å². The minimum atomic E-state index is 0.243. The van der Waals surface area contributed by atoms with Gasteiger partial charge in [-0.25, -0.2) is 0 Å². The molecular weight excluding hydrogens is 178 g/mol. The van der Waals surface area contributed by atoms with E-state index in [-0.39, 0.29) is 5.54 Å². The highest BCUT2D eigenvalue weighted by Crippen LogP contribution is 2.78. The van der Waals surface area contributed by atoms with Crippen LogP contribution < -0.4 is 5.73 Å². The van der Waals surface area contributed by atoms with Gasteiger partial charge in [-0.1, -0.05) is 12.1 Å². The van der Waals surface area contributed by atoms with Crippen LogP contribution in [0.1, 0.15) is 18.4 Å². The summed E-state index contributed by atoms with van der Waals surface area (Å²) >= 11 is 4.26. The Bertz CT molecular complexity index is 349. The highest BCUT2D eigenvalue weighted by atomic mass is 32.1. The van der Waals surface area contributed by atoms with Gasteiger partial charge in [0.25, 0.3) is 0 Å². The Labute approximate surface area is 83.7 Å². The van der Waals surface area contributed by atoms with Crippen molar-refractivity contribution in [1.29, 1.82) is 0 Å². The number of nitrogens with two attached hydrogens (primary N) is 1. The lowest BCUT2D eigenvalue weighted by atomic mass is 10.0. The van der Waals surface area contributed by atoms with E-state index in [2.05, 4.69) is 36.9 Å². The molecule has 2 heteroatoms. The van der Waals surface area contributed by atoms with Crippen LogP contribution in [-0.4, -0.2) is 5.54 Å². The molecule has 2 aliphatic rings. The first-order chi connectivity index (χ1) is 6.14. The molecule has 0 atom stereocenters. The van der Waals surface area contributed by atoms with Gasteiger partial charge in [-0.3, -0.25) is 0 Å². The molecule has 68 valence electrons. The predicted octanol–water partition coefficient (Wildman–Crippen LogP) is 2.01. The normalized spacial score (nSPS) is 39.8. The molecule has 0 radical (unpaired) electrons. The van der Waals surface area contributed by atoms with E-state index in [9.17, 15) is 0 Å². The van der Waals surface area contributed by atoms with E-state index >= 15 is 0 Å². The summed E-state index contributed by atoms with van der Waals surface area (Å²) in [6.07, 6.45) is 3.64. The first-order valence-corrected chi connectivity index (χ1v) is 5.15. The second kappa shape index (κ2) is 2.12. The summed E-state index contributed by atoms with van der Waals surface area (Å²) in [5.41, 5.74) is 8.19. The van der Waals surface area contributed by atoms with Crippen LogP contribution >= 0.6 is 12.6 Å². The van der Waals surface area contributed by atoms with Crippen molar-refractivity contribution in [3.8, 4) is 0 Å². The van der Waals surface area contributed by atoms with Crippen LogP contribution in [0.5, 0.6) is 0 Å². The summed E-state index contributed by atoms with van der Waals surface area (Å²) in [7, 11) is 0. The van der Waals surface area contributed by atoms with E-state index in [0.717, 1.165) is 11.3 Å². The molecule has 1 aromatic rings. The third-order valence-corrected chi connectivity index (χ3v) is 3.89. The van der Waals surface area contributed by atoms with Crippen molar-refractivity contribution in [2.24, 2.45) is 11.1 Å². The largest absolute Gasteiger partial charge is 0.325 e. The molecule has 13 heavy (non-hydrogen) atoms. The number of thiol groups is 1. The molecular formula is C11H13NS. The van der Waals surface area contributed by atoms with Crippen molar-refractivity contribution in [1.82, 2.24) is 0 Å². The van der Waals surface area contributed by atoms with Crippen LogP contribution in [0.4, 0.5) is 0 Å². The van der Waals surface area contributed by atoms with Crippen molar-refractivity contribution in [3.63, 3.8) is 0 Å². The van der Waals surface area contributed by atoms with Gasteiger partial charge in [-0.15, -0.1) is 12.6 Å². The Balaban J connectivity index is 1.77. The van der Waals surface area contributed by atoms with Gasteiger partial charge in [-0.2, -0.15) is 0 Å². The van der Waals surface area contributed by atoms with Gasteiger partial charge < -0.3 is 5.73 Å². The topological polar surface area (TPSA) is 26.0 Å². The zero-order valence-electron chi connectivity index (χ0n) is 7.46. The van der Waals surface area contributed by atoms with E-state index in [1.807, 2.05) is 0 Å². The summed E-state index contributed by atoms with van der Waals surface area (Å²) in [5.74, 6) is 0. The maximum absolute atomic E-state index is 6.04. The molecule has 0 spiro atoms. The maximum atomic E-state index is 6.04. The molecule has 0 amide bonds. The van der Waals surface area contributed by atoms with Gasteiger partial charge in [0.2, 0.25) is 0 Å². The number of hydrogen-bond acceptors (Lipinski definition) is 2. The first-order valence-electron chi connectivity index (χ1n) is 4.70. The molecule has 0 saturated heterocycles. The average Bonchev–Trinajstić information content (AvgIpc) is 2.79. The number of hydrogen-bond donors (Lipinski definition) is 2. The van der Waals surface area contributed by atoms with Crippen LogP contribution in [0.3, 0.4) is 0 Å². The fourth-order valence-electron chi connectivity index (χ4n) is 2.37. The molecule has 3 rings (SSSR count). The summed E-state index contributed by atoms with van der Waals surface area (Å²) in [4.78, 5) is 1.03. The molecule has 0 aliphatic heterocycles. The second-order valence-electron chi connectivity index (χ2n) is 4.63. The highest BCUT2D eigenvalue weighted by Gasteiger charge is 2.80. The SMILES string of the molecule is NC12CC1(Cc1ccc(S)cc1)C2. The van der Waals surface area contributed by atoms with Crippen molar-refractivity contribution >= 4 is 12.6 Å². The molecule has 0 bridgehead atoms. The Morgan fingerprint density at radius 1 is 1.23 bits per heavy atom. The number of rotatable bonds is 2. The Kier molecular flexibility index (Phi) is 1.29. The summed E-state index contributed by atoms with van der Waals surface area (Å²) in [6, 6.07) is 8.43. The zero-order chi connectivity index (χ0) is 9.10. The molecule has 1 nitrogen and oxygen atoms in total. The van der Waals surface area contributed by atoms with E-state index < -0.39 is 0 Å². The molecule has 2 saturated carbocycles. The number of benzene rings is 1. The lowest BCUT2D eigenvalue weighted by Crippen LogP contribution is -2.07. The highest BCUT2D eigenvalue weighted by molar-refractivity contribution is 7.80. The zero-order valence-corrected chi connectivity index (χ0v) is 8.35. The molecule has 1 aromatic carbocycles. The van der Waals surface area contributed by atoms with Crippen LogP contribution in [0.15, 0.2) is 29.2 Å². The summed E-state index contributed by atoms with van der Waals surface area (Å²) < 4.78 is 0. The molecule has 2 N–H and O–H groups in total. The van der Waals surface area contributed by atoms with E-state index in [1.165, 1.54) is 18.4 Å². The lowest BCUT2D eigenvalue weighted by molar-refractivity contribution is 0.641. The van der Waals surface area contributed by atoms with Crippen LogP contribution in [0.2, 0.25) is 0 Å². The third-order valence-electron chi connectivity index (χ3n) is 3.59. The minimum Gasteiger partial charge on any atom is -0.325 e. The van der Waals surface area contributed by atoms with Gasteiger partial charge in [-0.05, 0) is 42.4 Å². The van der Waals surface area contributed by atoms with Gasteiger partial charge in [0.1, 0.15) is 0 Å². The molecule has 0 unspecified atom stereocenters. The van der Waals surface area contributed by atoms with Crippen molar-refractivity contribution in [3.05, 3.63) is 29.8 Å². The quantitative estimate of drug-likeness (QED) is 0.687. The second-order valence-corrected chi connectivity index (χ2v) is 5.15. The maximum Gasteiger partial charge on any atom is 0.0228 e. The fraction of sp³-hybridized carbons (Fsp3) is 0.455. The van der Waals surface area contributed by atoms with Crippen molar-refractivity contribution in [2.45, 2.75) is 29.7 Å². The fourth-order valence-corrected chi connectivity index (χ4v) is 2.52. The van der Waals surface area contributed by atoms with Gasteiger partial charge in [0.15, 0.2) is 0 Å². The van der Waals surface area contributed by atoms with Gasteiger partial charge in [0.05, 0.1) is 0 Å². The standard InChI is InChI=1S/C11H13NS/c12-11-6-10(11,7-11)5-8-1-3-9(13)4-2-8/h1-4,13H,5-7,12H2. The Morgan fingerprint density at radius 2 is 1.77 bits per heavy atom. The van der Waals surface area contributed by atoms with Crippen molar-refractivity contribution in [2.75, 3.05) is 0 Å². The summed E-state index contributed by atoms with van der Waals surface area (Å²) in [6.45, 7) is 0. The number of fused-ring (bicyclic) bond motifs is 1. The first kappa shape index (κ1) is 7.89. The minimum absolute atomic E-state index is 0.243. The molecule has 0 heterocycles. The van der Waals surface area contributed by atoms with E-state index in [1.54, 1.807) is 0 Å². The molecule has 2 fully saturated rings. The van der Waals surface area contributed by atoms with Crippen LogP contribution in [0.25, 0.3) is 0 Å². The summed E-state index contributed by atoms with van der Waals surface area (Å²) in [5, 5.41) is 0. The average molecular weight is 191 g/mol.